The second kappa shape index (κ2) is 6.82. The number of nitrogens with one attached hydrogen (secondary N) is 1. The molecule has 3 rings (SSSR count). The number of carbonyl (C=O) groups is 1. The lowest BCUT2D eigenvalue weighted by Crippen LogP contribution is -2.23. The molecule has 118 valence electrons. The van der Waals surface area contributed by atoms with Crippen LogP contribution in [0.25, 0.3) is 10.2 Å². The molecule has 2 aromatic heterocycles. The highest BCUT2D eigenvalue weighted by atomic mass is 79.9. The molecule has 1 N–H and O–H groups in total. The fourth-order valence-corrected chi connectivity index (χ4v) is 3.52. The molecular formula is C15H11BrClN3O2S. The van der Waals surface area contributed by atoms with Gasteiger partial charge in [0, 0.05) is 17.4 Å². The maximum Gasteiger partial charge on any atom is 0.262 e. The first-order chi connectivity index (χ1) is 11.0. The third-order valence-electron chi connectivity index (χ3n) is 3.24. The van der Waals surface area contributed by atoms with Crippen LogP contribution in [0.4, 0.5) is 5.69 Å². The number of amides is 1. The highest BCUT2D eigenvalue weighted by molar-refractivity contribution is 9.10. The number of nitrogens with zero attached hydrogens (tertiary/aromatic N) is 2. The van der Waals surface area contributed by atoms with Gasteiger partial charge >= 0.3 is 0 Å². The number of benzene rings is 1. The van der Waals surface area contributed by atoms with Crippen molar-refractivity contribution in [2.24, 2.45) is 0 Å². The van der Waals surface area contributed by atoms with Crippen molar-refractivity contribution in [2.75, 3.05) is 5.32 Å². The topological polar surface area (TPSA) is 64.0 Å². The first kappa shape index (κ1) is 16.2. The van der Waals surface area contributed by atoms with Gasteiger partial charge in [-0.2, -0.15) is 0 Å². The molecule has 0 bridgehead atoms. The van der Waals surface area contributed by atoms with Gasteiger partial charge in [-0.05, 0) is 29.6 Å². The number of anilines is 1. The molecule has 0 radical (unpaired) electrons. The SMILES string of the molecule is O=C(CCn1cnc2sccc2c1=O)Nc1ccc(Br)cc1Cl. The monoisotopic (exact) mass is 411 g/mol. The number of carbonyl (C=O) groups excluding carboxylic acids is 1. The average molecular weight is 413 g/mol. The molecule has 0 saturated heterocycles. The van der Waals surface area contributed by atoms with E-state index in [-0.39, 0.29) is 24.4 Å². The van der Waals surface area contributed by atoms with Crippen molar-refractivity contribution in [3.63, 3.8) is 0 Å². The van der Waals surface area contributed by atoms with Gasteiger partial charge in [0.25, 0.3) is 5.56 Å². The van der Waals surface area contributed by atoms with Gasteiger partial charge in [-0.1, -0.05) is 27.5 Å². The molecule has 0 fully saturated rings. The summed E-state index contributed by atoms with van der Waals surface area (Å²) in [5.41, 5.74) is 0.407. The van der Waals surface area contributed by atoms with E-state index in [2.05, 4.69) is 26.2 Å². The van der Waals surface area contributed by atoms with E-state index in [4.69, 9.17) is 11.6 Å². The second-order valence-corrected chi connectivity index (χ2v) is 7.02. The van der Waals surface area contributed by atoms with Gasteiger partial charge in [-0.25, -0.2) is 4.98 Å². The summed E-state index contributed by atoms with van der Waals surface area (Å²) in [4.78, 5) is 29.2. The lowest BCUT2D eigenvalue weighted by atomic mass is 10.3. The molecule has 23 heavy (non-hydrogen) atoms. The van der Waals surface area contributed by atoms with Crippen LogP contribution in [0.3, 0.4) is 0 Å². The molecule has 2 heterocycles. The summed E-state index contributed by atoms with van der Waals surface area (Å²) in [5, 5.41) is 5.59. The van der Waals surface area contributed by atoms with Crippen LogP contribution in [-0.2, 0) is 11.3 Å². The summed E-state index contributed by atoms with van der Waals surface area (Å²) in [7, 11) is 0. The molecule has 0 saturated carbocycles. The number of hydrogen-bond donors (Lipinski definition) is 1. The number of aryl methyl sites for hydroxylation is 1. The third-order valence-corrected chi connectivity index (χ3v) is 4.86. The van der Waals surface area contributed by atoms with E-state index in [1.807, 2.05) is 5.38 Å². The fraction of sp³-hybridized carbons (Fsp3) is 0.133. The Hall–Kier alpha value is -1.70. The van der Waals surface area contributed by atoms with Crippen LogP contribution in [-0.4, -0.2) is 15.5 Å². The molecule has 0 aliphatic carbocycles. The van der Waals surface area contributed by atoms with Gasteiger partial charge < -0.3 is 5.32 Å². The van der Waals surface area contributed by atoms with E-state index in [1.54, 1.807) is 24.3 Å². The minimum Gasteiger partial charge on any atom is -0.325 e. The predicted octanol–water partition coefficient (Wildman–Crippen LogP) is 3.90. The van der Waals surface area contributed by atoms with Crippen LogP contribution < -0.4 is 10.9 Å². The lowest BCUT2D eigenvalue weighted by Gasteiger charge is -2.08. The van der Waals surface area contributed by atoms with Crippen molar-refractivity contribution >= 4 is 60.7 Å². The molecule has 5 nitrogen and oxygen atoms in total. The predicted molar refractivity (Wildman–Crippen MR) is 96.3 cm³/mol. The summed E-state index contributed by atoms with van der Waals surface area (Å²) < 4.78 is 2.28. The Morgan fingerprint density at radius 2 is 2.22 bits per heavy atom. The molecule has 0 spiro atoms. The zero-order valence-corrected chi connectivity index (χ0v) is 14.9. The zero-order chi connectivity index (χ0) is 16.4. The van der Waals surface area contributed by atoms with Gasteiger partial charge in [0.2, 0.25) is 5.91 Å². The Morgan fingerprint density at radius 1 is 1.39 bits per heavy atom. The standard InChI is InChI=1S/C15H11BrClN3O2S/c16-9-1-2-12(11(17)7-9)19-13(21)3-5-20-8-18-14-10(15(20)22)4-6-23-14/h1-2,4,6-8H,3,5H2,(H,19,21). The fourth-order valence-electron chi connectivity index (χ4n) is 2.08. The third kappa shape index (κ3) is 3.63. The summed E-state index contributed by atoms with van der Waals surface area (Å²) >= 11 is 10.8. The number of halogens is 2. The van der Waals surface area contributed by atoms with Crippen LogP contribution in [0.2, 0.25) is 5.02 Å². The van der Waals surface area contributed by atoms with Crippen molar-refractivity contribution in [1.82, 2.24) is 9.55 Å². The Bertz CT molecular complexity index is 938. The quantitative estimate of drug-likeness (QED) is 0.707. The van der Waals surface area contributed by atoms with Gasteiger partial charge in [0.15, 0.2) is 0 Å². The van der Waals surface area contributed by atoms with Crippen LogP contribution in [0.15, 0.2) is 45.2 Å². The zero-order valence-electron chi connectivity index (χ0n) is 11.8. The smallest absolute Gasteiger partial charge is 0.262 e. The number of rotatable bonds is 4. The van der Waals surface area contributed by atoms with Gasteiger partial charge in [-0.3, -0.25) is 14.2 Å². The summed E-state index contributed by atoms with van der Waals surface area (Å²) in [5.74, 6) is -0.216. The maximum atomic E-state index is 12.2. The highest BCUT2D eigenvalue weighted by Crippen LogP contribution is 2.25. The number of thiophene rings is 1. The Morgan fingerprint density at radius 3 is 3.00 bits per heavy atom. The van der Waals surface area contributed by atoms with Gasteiger partial charge in [-0.15, -0.1) is 11.3 Å². The van der Waals surface area contributed by atoms with Crippen LogP contribution in [0.5, 0.6) is 0 Å². The molecule has 0 aliphatic rings. The van der Waals surface area contributed by atoms with Crippen LogP contribution in [0, 0.1) is 0 Å². The first-order valence-electron chi connectivity index (χ1n) is 6.72. The number of aromatic nitrogens is 2. The van der Waals surface area contributed by atoms with E-state index >= 15 is 0 Å². The van der Waals surface area contributed by atoms with Gasteiger partial charge in [0.05, 0.1) is 22.4 Å². The minimum atomic E-state index is -0.216. The van der Waals surface area contributed by atoms with E-state index in [0.717, 1.165) is 4.47 Å². The van der Waals surface area contributed by atoms with Crippen molar-refractivity contribution in [3.05, 3.63) is 55.8 Å². The number of fused-ring (bicyclic) bond motifs is 1. The summed E-state index contributed by atoms with van der Waals surface area (Å²) in [6.45, 7) is 0.262. The Balaban J connectivity index is 1.68. The normalized spacial score (nSPS) is 10.9. The highest BCUT2D eigenvalue weighted by Gasteiger charge is 2.09. The van der Waals surface area contributed by atoms with Crippen molar-refractivity contribution in [2.45, 2.75) is 13.0 Å². The first-order valence-corrected chi connectivity index (χ1v) is 8.77. The van der Waals surface area contributed by atoms with E-state index in [1.165, 1.54) is 22.2 Å². The van der Waals surface area contributed by atoms with Crippen molar-refractivity contribution in [1.29, 1.82) is 0 Å². The lowest BCUT2D eigenvalue weighted by molar-refractivity contribution is -0.116. The molecule has 0 aliphatic heterocycles. The van der Waals surface area contributed by atoms with E-state index in [0.29, 0.717) is 20.9 Å². The number of hydrogen-bond acceptors (Lipinski definition) is 4. The van der Waals surface area contributed by atoms with Crippen molar-refractivity contribution < 1.29 is 4.79 Å². The van der Waals surface area contributed by atoms with E-state index in [9.17, 15) is 9.59 Å². The molecule has 1 amide bonds. The molecule has 0 atom stereocenters. The summed E-state index contributed by atoms with van der Waals surface area (Å²) in [6, 6.07) is 6.96. The van der Waals surface area contributed by atoms with Crippen LogP contribution in [0.1, 0.15) is 6.42 Å². The molecular weight excluding hydrogens is 402 g/mol. The van der Waals surface area contributed by atoms with Crippen LogP contribution >= 0.6 is 38.9 Å². The Kier molecular flexibility index (Phi) is 4.79. The average Bonchev–Trinajstić information content (AvgIpc) is 2.99. The van der Waals surface area contributed by atoms with Gasteiger partial charge in [0.1, 0.15) is 4.83 Å². The van der Waals surface area contributed by atoms with E-state index < -0.39 is 0 Å². The Labute approximate surface area is 149 Å². The van der Waals surface area contributed by atoms with Crippen molar-refractivity contribution in [3.8, 4) is 0 Å². The molecule has 3 aromatic rings. The molecule has 8 heteroatoms. The largest absolute Gasteiger partial charge is 0.325 e. The minimum absolute atomic E-state index is 0.134. The summed E-state index contributed by atoms with van der Waals surface area (Å²) in [6.07, 6.45) is 1.63. The second-order valence-electron chi connectivity index (χ2n) is 4.80. The maximum absolute atomic E-state index is 12.2. The molecule has 1 aromatic carbocycles. The molecule has 0 unspecified atom stereocenters.